The second-order valence-corrected chi connectivity index (χ2v) is 12.7. The van der Waals surface area contributed by atoms with Crippen molar-refractivity contribution in [2.45, 2.75) is 25.7 Å². The van der Waals surface area contributed by atoms with Gasteiger partial charge in [0.2, 0.25) is 5.82 Å². The van der Waals surface area contributed by atoms with Crippen LogP contribution in [0.15, 0.2) is 42.5 Å². The molecule has 26 heavy (non-hydrogen) atoms. The lowest BCUT2D eigenvalue weighted by Gasteiger charge is -2.20. The summed E-state index contributed by atoms with van der Waals surface area (Å²) >= 11 is 0. The van der Waals surface area contributed by atoms with Gasteiger partial charge in [0.15, 0.2) is 23.3 Å². The van der Waals surface area contributed by atoms with E-state index in [0.717, 1.165) is 6.08 Å². The maximum Gasteiger partial charge on any atom is 0.200 e. The van der Waals surface area contributed by atoms with Crippen LogP contribution in [0, 0.1) is 29.1 Å². The summed E-state index contributed by atoms with van der Waals surface area (Å²) < 4.78 is 68.5. The smallest absolute Gasteiger partial charge is 0.200 e. The maximum atomic E-state index is 14.1. The minimum atomic E-state index is -2.17. The fourth-order valence-corrected chi connectivity index (χ4v) is 4.11. The van der Waals surface area contributed by atoms with Gasteiger partial charge in [0.1, 0.15) is 0 Å². The number of hydrogen-bond acceptors (Lipinski definition) is 0. The fourth-order valence-electron chi connectivity index (χ4n) is 2.64. The lowest BCUT2D eigenvalue weighted by molar-refractivity contribution is 0.377. The minimum absolute atomic E-state index is 0.358. The van der Waals surface area contributed by atoms with Crippen LogP contribution in [-0.2, 0) is 0 Å². The predicted molar refractivity (Wildman–Crippen MR) is 97.8 cm³/mol. The van der Waals surface area contributed by atoms with Gasteiger partial charge in [-0.05, 0) is 28.8 Å². The average Bonchev–Trinajstić information content (AvgIpc) is 2.57. The van der Waals surface area contributed by atoms with E-state index in [1.54, 1.807) is 30.3 Å². The van der Waals surface area contributed by atoms with Crippen molar-refractivity contribution in [1.82, 2.24) is 0 Å². The molecule has 0 fully saturated rings. The molecule has 0 amide bonds. The largest absolute Gasteiger partial charge is 0.203 e. The quantitative estimate of drug-likeness (QED) is 0.133. The molecule has 6 heteroatoms. The highest BCUT2D eigenvalue weighted by Crippen LogP contribution is 2.33. The molecule has 138 valence electrons. The molecule has 0 nitrogen and oxygen atoms in total. The molecule has 0 aliphatic heterocycles. The van der Waals surface area contributed by atoms with Gasteiger partial charge in [-0.1, -0.05) is 56.6 Å². The molecule has 0 saturated carbocycles. The lowest BCUT2D eigenvalue weighted by Crippen LogP contribution is -2.20. The van der Waals surface area contributed by atoms with E-state index < -0.39 is 42.7 Å². The molecule has 0 aliphatic rings. The Morgan fingerprint density at radius 1 is 0.846 bits per heavy atom. The molecule has 2 rings (SSSR count). The first kappa shape index (κ1) is 20.1. The van der Waals surface area contributed by atoms with Crippen molar-refractivity contribution < 1.29 is 22.0 Å². The molecule has 2 aromatic carbocycles. The summed E-state index contributed by atoms with van der Waals surface area (Å²) in [6, 6.07) is 9.23. The molecule has 0 radical (unpaired) electrons. The Morgan fingerprint density at radius 3 is 1.77 bits per heavy atom. The third-order valence-electron chi connectivity index (χ3n) is 3.74. The molecule has 0 N–H and O–H groups in total. The highest BCUT2D eigenvalue weighted by molar-refractivity contribution is 6.76. The summed E-state index contributed by atoms with van der Waals surface area (Å²) in [6.07, 6.45) is 0.994. The number of allylic oxidation sites excluding steroid dienone is 2. The van der Waals surface area contributed by atoms with E-state index in [0.29, 0.717) is 22.8 Å². The van der Waals surface area contributed by atoms with Crippen molar-refractivity contribution in [3.8, 4) is 0 Å². The van der Waals surface area contributed by atoms with E-state index in [-0.39, 0.29) is 0 Å². The summed E-state index contributed by atoms with van der Waals surface area (Å²) in [7, 11) is -1.63. The van der Waals surface area contributed by atoms with Gasteiger partial charge in [0.05, 0.1) is 5.56 Å². The Hall–Kier alpha value is -2.21. The van der Waals surface area contributed by atoms with E-state index in [1.165, 1.54) is 0 Å². The first-order valence-corrected chi connectivity index (χ1v) is 11.7. The van der Waals surface area contributed by atoms with Crippen LogP contribution in [-0.4, -0.2) is 8.07 Å². The highest BCUT2D eigenvalue weighted by Gasteiger charge is 2.26. The van der Waals surface area contributed by atoms with Gasteiger partial charge in [0, 0.05) is 8.07 Å². The van der Waals surface area contributed by atoms with Crippen LogP contribution < -0.4 is 0 Å². The van der Waals surface area contributed by atoms with Crippen LogP contribution in [0.5, 0.6) is 0 Å². The third kappa shape index (κ3) is 4.30. The predicted octanol–water partition coefficient (Wildman–Crippen LogP) is 6.82. The van der Waals surface area contributed by atoms with Crippen LogP contribution in [0.1, 0.15) is 11.1 Å². The first-order valence-electron chi connectivity index (χ1n) is 7.99. The summed E-state index contributed by atoms with van der Waals surface area (Å²) in [5.41, 5.74) is 0.590. The zero-order valence-electron chi connectivity index (χ0n) is 14.8. The zero-order valence-corrected chi connectivity index (χ0v) is 15.8. The summed E-state index contributed by atoms with van der Waals surface area (Å²) in [6.45, 7) is 10.3. The molecule has 0 aromatic heterocycles. The Morgan fingerprint density at radius 2 is 1.31 bits per heavy atom. The minimum Gasteiger partial charge on any atom is -0.203 e. The number of benzene rings is 2. The average molecular weight is 382 g/mol. The Balaban J connectivity index is 2.70. The molecule has 0 bridgehead atoms. The van der Waals surface area contributed by atoms with Gasteiger partial charge >= 0.3 is 0 Å². The van der Waals surface area contributed by atoms with Crippen molar-refractivity contribution in [3.63, 3.8) is 0 Å². The number of hydrogen-bond donors (Lipinski definition) is 0. The van der Waals surface area contributed by atoms with Gasteiger partial charge in [0.25, 0.3) is 0 Å². The lowest BCUT2D eigenvalue weighted by atomic mass is 9.97. The van der Waals surface area contributed by atoms with E-state index >= 15 is 0 Å². The van der Waals surface area contributed by atoms with Gasteiger partial charge in [-0.2, -0.15) is 0 Å². The Bertz CT molecular complexity index is 835. The van der Waals surface area contributed by atoms with Crippen LogP contribution in [0.3, 0.4) is 0 Å². The zero-order chi connectivity index (χ0) is 19.6. The van der Waals surface area contributed by atoms with Gasteiger partial charge < -0.3 is 0 Å². The van der Waals surface area contributed by atoms with Crippen molar-refractivity contribution in [3.05, 3.63) is 82.7 Å². The topological polar surface area (TPSA) is 0 Å². The first-order chi connectivity index (χ1) is 12.0. The van der Waals surface area contributed by atoms with Gasteiger partial charge in [-0.25, -0.2) is 22.0 Å². The normalized spacial score (nSPS) is 12.4. The second-order valence-electron chi connectivity index (χ2n) is 7.25. The van der Waals surface area contributed by atoms with Crippen molar-refractivity contribution >= 4 is 19.7 Å². The Labute approximate surface area is 150 Å². The molecule has 0 heterocycles. The molecular formula is C20H19F5Si. The van der Waals surface area contributed by atoms with Crippen LogP contribution in [0.4, 0.5) is 22.0 Å². The van der Waals surface area contributed by atoms with E-state index in [9.17, 15) is 22.0 Å². The van der Waals surface area contributed by atoms with Crippen molar-refractivity contribution in [2.75, 3.05) is 0 Å². The summed E-state index contributed by atoms with van der Waals surface area (Å²) in [5.74, 6) is -9.79. The SMILES string of the molecule is C=C(C[Si](C)(C)C)/C(=C\c1c(F)c(F)c(F)c(F)c1F)c1ccccc1. The maximum absolute atomic E-state index is 14.1. The number of halogens is 5. The van der Waals surface area contributed by atoms with E-state index in [4.69, 9.17) is 0 Å². The standard InChI is InChI=1S/C20H19F5Si/c1-12(11-26(2,3)4)14(13-8-6-5-7-9-13)10-15-16(21)18(23)20(25)19(24)17(15)22/h5-10H,1,11H2,2-4H3/b14-10+. The van der Waals surface area contributed by atoms with Crippen LogP contribution in [0.25, 0.3) is 11.6 Å². The highest BCUT2D eigenvalue weighted by atomic mass is 28.3. The molecular weight excluding hydrogens is 363 g/mol. The van der Waals surface area contributed by atoms with Gasteiger partial charge in [-0.15, -0.1) is 0 Å². The summed E-state index contributed by atoms with van der Waals surface area (Å²) in [4.78, 5) is 0. The fraction of sp³-hybridized carbons (Fsp3) is 0.200. The monoisotopic (exact) mass is 382 g/mol. The molecule has 0 atom stereocenters. The number of rotatable bonds is 5. The molecule has 0 spiro atoms. The van der Waals surface area contributed by atoms with Crippen LogP contribution >= 0.6 is 0 Å². The Kier molecular flexibility index (Phi) is 5.86. The molecule has 0 aliphatic carbocycles. The molecule has 2 aromatic rings. The van der Waals surface area contributed by atoms with Crippen molar-refractivity contribution in [1.29, 1.82) is 0 Å². The van der Waals surface area contributed by atoms with Gasteiger partial charge in [-0.3, -0.25) is 0 Å². The third-order valence-corrected chi connectivity index (χ3v) is 5.23. The molecule has 0 saturated heterocycles. The van der Waals surface area contributed by atoms with E-state index in [2.05, 4.69) is 26.2 Å². The molecule has 0 unspecified atom stereocenters. The van der Waals surface area contributed by atoms with E-state index in [1.807, 2.05) is 0 Å². The van der Waals surface area contributed by atoms with Crippen LogP contribution in [0.2, 0.25) is 25.7 Å². The van der Waals surface area contributed by atoms with Crippen molar-refractivity contribution in [2.24, 2.45) is 0 Å². The second kappa shape index (κ2) is 7.58. The summed E-state index contributed by atoms with van der Waals surface area (Å²) in [5, 5.41) is 0.